The Morgan fingerprint density at radius 3 is 1.50 bits per heavy atom. The highest BCUT2D eigenvalue weighted by Gasteiger charge is 2.20. The third-order valence-electron chi connectivity index (χ3n) is 10.4. The van der Waals surface area contributed by atoms with Gasteiger partial charge >= 0.3 is 5.97 Å². The zero-order valence-electron chi connectivity index (χ0n) is 35.7. The molecule has 3 N–H and O–H groups in total. The first-order chi connectivity index (χ1) is 26.5. The van der Waals surface area contributed by atoms with Crippen molar-refractivity contribution in [2.45, 2.75) is 244 Å². The first kappa shape index (κ1) is 52.1. The molecule has 54 heavy (non-hydrogen) atoms. The number of esters is 1. The predicted molar refractivity (Wildman–Crippen MR) is 232 cm³/mol. The van der Waals surface area contributed by atoms with E-state index in [1.54, 1.807) is 0 Å². The number of aliphatic hydroxyl groups is 2. The van der Waals surface area contributed by atoms with Crippen molar-refractivity contribution < 1.29 is 24.5 Å². The van der Waals surface area contributed by atoms with Gasteiger partial charge in [-0.1, -0.05) is 179 Å². The Morgan fingerprint density at radius 2 is 0.963 bits per heavy atom. The molecule has 6 heteroatoms. The average Bonchev–Trinajstić information content (AvgIpc) is 3.17. The fourth-order valence-corrected chi connectivity index (χ4v) is 6.79. The molecule has 0 aromatic carbocycles. The fraction of sp³-hybridized carbons (Fsp3) is 0.833. The number of ether oxygens (including phenoxy) is 1. The second kappa shape index (κ2) is 43.8. The van der Waals surface area contributed by atoms with E-state index < -0.39 is 12.1 Å². The lowest BCUT2D eigenvalue weighted by atomic mass is 10.0. The van der Waals surface area contributed by atoms with Crippen molar-refractivity contribution >= 4 is 11.9 Å². The standard InChI is InChI=1S/C48H89NO5/c1-3-5-7-9-11-13-15-17-19-20-24-28-32-36-40-46(51)45(44-50)49-47(52)41-37-33-29-25-22-23-27-31-35-39-43-54-48(53)42-38-34-30-26-21-18-16-14-12-10-8-6-4-2/h8,10,14,16,23,27,45-46,50-51H,3-7,9,11-13,15,17-22,24-26,28-44H2,1-2H3,(H,49,52)/b10-8-,16-14-,27-23-. The minimum atomic E-state index is -0.686. The third kappa shape index (κ3) is 39.8. The van der Waals surface area contributed by atoms with Gasteiger partial charge in [-0.25, -0.2) is 0 Å². The van der Waals surface area contributed by atoms with Crippen LogP contribution in [0.4, 0.5) is 0 Å². The van der Waals surface area contributed by atoms with Crippen LogP contribution >= 0.6 is 0 Å². The van der Waals surface area contributed by atoms with Crippen LogP contribution in [0.1, 0.15) is 232 Å². The van der Waals surface area contributed by atoms with E-state index in [4.69, 9.17) is 4.74 Å². The van der Waals surface area contributed by atoms with Gasteiger partial charge in [0, 0.05) is 12.8 Å². The maximum Gasteiger partial charge on any atom is 0.305 e. The van der Waals surface area contributed by atoms with Crippen LogP contribution in [0.25, 0.3) is 0 Å². The minimum Gasteiger partial charge on any atom is -0.466 e. The van der Waals surface area contributed by atoms with Crippen molar-refractivity contribution in [1.29, 1.82) is 0 Å². The predicted octanol–water partition coefficient (Wildman–Crippen LogP) is 13.3. The number of allylic oxidation sites excluding steroid dienone is 6. The first-order valence-electron chi connectivity index (χ1n) is 23.2. The van der Waals surface area contributed by atoms with Crippen molar-refractivity contribution in [1.82, 2.24) is 5.32 Å². The summed E-state index contributed by atoms with van der Waals surface area (Å²) in [5.41, 5.74) is 0. The summed E-state index contributed by atoms with van der Waals surface area (Å²) in [7, 11) is 0. The SMILES string of the molecule is CCC/C=C\C/C=C\CCCCCCCC(=O)OCCCC/C=C\CCCCCCC(=O)NC(CO)C(O)CCCCCCCCCCCCCCCC. The summed E-state index contributed by atoms with van der Waals surface area (Å²) in [5.74, 6) is -0.126. The number of hydrogen-bond acceptors (Lipinski definition) is 5. The molecule has 6 nitrogen and oxygen atoms in total. The van der Waals surface area contributed by atoms with Crippen molar-refractivity contribution in [3.05, 3.63) is 36.5 Å². The lowest BCUT2D eigenvalue weighted by molar-refractivity contribution is -0.143. The van der Waals surface area contributed by atoms with Crippen LogP contribution in [0.5, 0.6) is 0 Å². The lowest BCUT2D eigenvalue weighted by Gasteiger charge is -2.22. The van der Waals surface area contributed by atoms with Crippen LogP contribution < -0.4 is 5.32 Å². The molecule has 0 saturated heterocycles. The number of hydrogen-bond donors (Lipinski definition) is 3. The summed E-state index contributed by atoms with van der Waals surface area (Å²) in [4.78, 5) is 24.4. The molecule has 0 aromatic rings. The van der Waals surface area contributed by atoms with Gasteiger partial charge in [-0.05, 0) is 77.0 Å². The molecule has 0 aliphatic rings. The van der Waals surface area contributed by atoms with Gasteiger partial charge < -0.3 is 20.3 Å². The lowest BCUT2D eigenvalue weighted by Crippen LogP contribution is -2.45. The Hall–Kier alpha value is -1.92. The van der Waals surface area contributed by atoms with Gasteiger partial charge in [0.2, 0.25) is 5.91 Å². The highest BCUT2D eigenvalue weighted by molar-refractivity contribution is 5.76. The molecule has 316 valence electrons. The van der Waals surface area contributed by atoms with Crippen molar-refractivity contribution in [3.63, 3.8) is 0 Å². The van der Waals surface area contributed by atoms with E-state index in [2.05, 4.69) is 55.6 Å². The smallest absolute Gasteiger partial charge is 0.305 e. The first-order valence-corrected chi connectivity index (χ1v) is 23.2. The number of aliphatic hydroxyl groups excluding tert-OH is 2. The van der Waals surface area contributed by atoms with Crippen LogP contribution in [-0.2, 0) is 14.3 Å². The van der Waals surface area contributed by atoms with Crippen molar-refractivity contribution in [2.24, 2.45) is 0 Å². The van der Waals surface area contributed by atoms with E-state index in [1.807, 2.05) is 0 Å². The van der Waals surface area contributed by atoms with Gasteiger partial charge in [0.05, 0.1) is 25.4 Å². The van der Waals surface area contributed by atoms with Gasteiger partial charge in [0.15, 0.2) is 0 Å². The molecule has 0 aromatic heterocycles. The summed E-state index contributed by atoms with van der Waals surface area (Å²) in [6.07, 6.45) is 51.0. The second-order valence-corrected chi connectivity index (χ2v) is 15.7. The van der Waals surface area contributed by atoms with Gasteiger partial charge in [-0.3, -0.25) is 9.59 Å². The molecule has 0 saturated carbocycles. The van der Waals surface area contributed by atoms with E-state index in [9.17, 15) is 19.8 Å². The summed E-state index contributed by atoms with van der Waals surface area (Å²) in [5, 5.41) is 23.1. The largest absolute Gasteiger partial charge is 0.466 e. The molecule has 1 amide bonds. The summed E-state index contributed by atoms with van der Waals surface area (Å²) in [6.45, 7) is 4.78. The second-order valence-electron chi connectivity index (χ2n) is 15.7. The molecule has 0 radical (unpaired) electrons. The Kier molecular flexibility index (Phi) is 42.2. The van der Waals surface area contributed by atoms with Crippen LogP contribution in [0.15, 0.2) is 36.5 Å². The quantitative estimate of drug-likeness (QED) is 0.0327. The number of rotatable bonds is 42. The summed E-state index contributed by atoms with van der Waals surface area (Å²) in [6, 6.07) is -0.567. The molecule has 0 spiro atoms. The number of amides is 1. The van der Waals surface area contributed by atoms with Crippen LogP contribution in [0, 0.1) is 0 Å². The van der Waals surface area contributed by atoms with E-state index >= 15 is 0 Å². The zero-order chi connectivity index (χ0) is 39.4. The van der Waals surface area contributed by atoms with Gasteiger partial charge in [-0.2, -0.15) is 0 Å². The van der Waals surface area contributed by atoms with E-state index in [0.29, 0.717) is 25.9 Å². The molecule has 0 rings (SSSR count). The number of carbonyl (C=O) groups is 2. The van der Waals surface area contributed by atoms with Crippen LogP contribution in [0.2, 0.25) is 0 Å². The number of unbranched alkanes of at least 4 members (excludes halogenated alkanes) is 25. The molecule has 0 bridgehead atoms. The molecule has 0 heterocycles. The van der Waals surface area contributed by atoms with Crippen LogP contribution in [-0.4, -0.2) is 47.4 Å². The zero-order valence-corrected chi connectivity index (χ0v) is 35.7. The summed E-state index contributed by atoms with van der Waals surface area (Å²) < 4.78 is 5.41. The Balaban J connectivity index is 3.56. The molecular formula is C48H89NO5. The number of carbonyl (C=O) groups excluding carboxylic acids is 2. The average molecular weight is 760 g/mol. The molecule has 2 atom stereocenters. The Bertz CT molecular complexity index is 884. The maximum absolute atomic E-state index is 12.4. The third-order valence-corrected chi connectivity index (χ3v) is 10.4. The Labute approximate surface area is 334 Å². The topological polar surface area (TPSA) is 95.9 Å². The normalized spacial score (nSPS) is 13.0. The summed E-state index contributed by atoms with van der Waals surface area (Å²) >= 11 is 0. The molecule has 2 unspecified atom stereocenters. The van der Waals surface area contributed by atoms with Crippen molar-refractivity contribution in [2.75, 3.05) is 13.2 Å². The van der Waals surface area contributed by atoms with Gasteiger partial charge in [0.1, 0.15) is 0 Å². The molecule has 0 fully saturated rings. The monoisotopic (exact) mass is 760 g/mol. The Morgan fingerprint density at radius 1 is 0.519 bits per heavy atom. The minimum absolute atomic E-state index is 0.0525. The molecule has 0 aliphatic heterocycles. The van der Waals surface area contributed by atoms with Gasteiger partial charge in [0.25, 0.3) is 0 Å². The highest BCUT2D eigenvalue weighted by atomic mass is 16.5. The highest BCUT2D eigenvalue weighted by Crippen LogP contribution is 2.15. The van der Waals surface area contributed by atoms with Crippen molar-refractivity contribution in [3.8, 4) is 0 Å². The van der Waals surface area contributed by atoms with E-state index in [0.717, 1.165) is 89.9 Å². The van der Waals surface area contributed by atoms with E-state index in [1.165, 1.54) is 109 Å². The van der Waals surface area contributed by atoms with Crippen LogP contribution in [0.3, 0.4) is 0 Å². The molecular weight excluding hydrogens is 671 g/mol. The fourth-order valence-electron chi connectivity index (χ4n) is 6.79. The molecule has 0 aliphatic carbocycles. The maximum atomic E-state index is 12.4. The van der Waals surface area contributed by atoms with Gasteiger partial charge in [-0.15, -0.1) is 0 Å². The number of nitrogens with one attached hydrogen (secondary N) is 1. The van der Waals surface area contributed by atoms with E-state index in [-0.39, 0.29) is 18.5 Å².